The van der Waals surface area contributed by atoms with Gasteiger partial charge in [-0.25, -0.2) is 9.59 Å². The van der Waals surface area contributed by atoms with E-state index in [0.717, 1.165) is 12.1 Å². The highest BCUT2D eigenvalue weighted by molar-refractivity contribution is 6.07. The van der Waals surface area contributed by atoms with E-state index in [1.807, 2.05) is 4.98 Å². The summed E-state index contributed by atoms with van der Waals surface area (Å²) >= 11 is 0. The molecule has 1 aromatic carbocycles. The van der Waals surface area contributed by atoms with Crippen LogP contribution in [-0.2, 0) is 6.18 Å². The Bertz CT molecular complexity index is 1030. The Hall–Kier alpha value is -3.81. The zero-order chi connectivity index (χ0) is 19.8. The average Bonchev–Trinajstić information content (AvgIpc) is 2.51. The Morgan fingerprint density at radius 2 is 1.73 bits per heavy atom. The van der Waals surface area contributed by atoms with E-state index in [1.54, 1.807) is 0 Å². The minimum absolute atomic E-state index is 0.394. The van der Waals surface area contributed by atoms with Gasteiger partial charge in [0.2, 0.25) is 0 Å². The first-order valence-electron chi connectivity index (χ1n) is 6.63. The molecule has 8 nitrogen and oxygen atoms in total. The number of aromatic nitrogens is 1. The molecular formula is C15H8F3N3O5. The van der Waals surface area contributed by atoms with Crippen LogP contribution >= 0.6 is 0 Å². The summed E-state index contributed by atoms with van der Waals surface area (Å²) in [6, 6.07) is 3.37. The number of nitrogens with zero attached hydrogens (tertiary/aromatic N) is 1. The summed E-state index contributed by atoms with van der Waals surface area (Å²) in [5, 5.41) is 27.3. The van der Waals surface area contributed by atoms with E-state index in [2.05, 4.69) is 0 Å². The molecule has 0 saturated carbocycles. The summed E-state index contributed by atoms with van der Waals surface area (Å²) in [6.45, 7) is 0. The fourth-order valence-electron chi connectivity index (χ4n) is 2.37. The van der Waals surface area contributed by atoms with Gasteiger partial charge in [0.1, 0.15) is 16.9 Å². The second-order valence-corrected chi connectivity index (χ2v) is 4.97. The van der Waals surface area contributed by atoms with Gasteiger partial charge in [-0.3, -0.25) is 4.79 Å². The third kappa shape index (κ3) is 3.07. The Morgan fingerprint density at radius 3 is 2.19 bits per heavy atom. The van der Waals surface area contributed by atoms with Crippen LogP contribution in [-0.4, -0.2) is 27.1 Å². The fourth-order valence-corrected chi connectivity index (χ4v) is 2.37. The number of nitrogen functional groups attached to an aromatic ring is 1. The van der Waals surface area contributed by atoms with Gasteiger partial charge in [-0.05, 0) is 17.7 Å². The molecule has 134 valence electrons. The van der Waals surface area contributed by atoms with E-state index < -0.39 is 62.9 Å². The molecule has 0 bridgehead atoms. The fraction of sp³-hybridized carbons (Fsp3) is 0.0667. The maximum Gasteiger partial charge on any atom is 0.417 e. The number of nitriles is 1. The van der Waals surface area contributed by atoms with Crippen molar-refractivity contribution < 1.29 is 33.0 Å². The van der Waals surface area contributed by atoms with Gasteiger partial charge < -0.3 is 20.9 Å². The number of H-pyrrole nitrogens is 1. The molecule has 0 aliphatic heterocycles. The zero-order valence-corrected chi connectivity index (χ0v) is 12.5. The predicted octanol–water partition coefficient (Wildman–Crippen LogP) is 1.91. The molecule has 11 heteroatoms. The van der Waals surface area contributed by atoms with Crippen molar-refractivity contribution in [2.24, 2.45) is 0 Å². The van der Waals surface area contributed by atoms with Gasteiger partial charge in [-0.15, -0.1) is 0 Å². The average molecular weight is 367 g/mol. The number of nitrogens with one attached hydrogen (secondary N) is 1. The second kappa shape index (κ2) is 6.25. The number of benzene rings is 1. The van der Waals surface area contributed by atoms with Gasteiger partial charge >= 0.3 is 18.1 Å². The van der Waals surface area contributed by atoms with Crippen molar-refractivity contribution in [1.29, 1.82) is 5.26 Å². The summed E-state index contributed by atoms with van der Waals surface area (Å²) in [4.78, 5) is 36.5. The predicted molar refractivity (Wildman–Crippen MR) is 80.5 cm³/mol. The summed E-state index contributed by atoms with van der Waals surface area (Å²) in [6.07, 6.45) is -4.97. The lowest BCUT2D eigenvalue weighted by Gasteiger charge is -2.15. The number of carboxylic acids is 2. The minimum atomic E-state index is -4.97. The quantitative estimate of drug-likeness (QED) is 0.645. The van der Waals surface area contributed by atoms with E-state index in [-0.39, 0.29) is 0 Å². The van der Waals surface area contributed by atoms with Crippen molar-refractivity contribution in [3.8, 4) is 17.2 Å². The molecule has 1 heterocycles. The van der Waals surface area contributed by atoms with Crippen molar-refractivity contribution in [1.82, 2.24) is 4.98 Å². The van der Waals surface area contributed by atoms with E-state index in [9.17, 15) is 37.8 Å². The third-order valence-electron chi connectivity index (χ3n) is 3.41. The van der Waals surface area contributed by atoms with Crippen molar-refractivity contribution >= 4 is 17.8 Å². The van der Waals surface area contributed by atoms with Crippen molar-refractivity contribution in [3.63, 3.8) is 0 Å². The molecule has 26 heavy (non-hydrogen) atoms. The largest absolute Gasteiger partial charge is 0.478 e. The lowest BCUT2D eigenvalue weighted by atomic mass is 9.92. The van der Waals surface area contributed by atoms with Gasteiger partial charge in [0.25, 0.3) is 5.56 Å². The monoisotopic (exact) mass is 367 g/mol. The van der Waals surface area contributed by atoms with Gasteiger partial charge in [-0.1, -0.05) is 6.07 Å². The van der Waals surface area contributed by atoms with Crippen LogP contribution in [0, 0.1) is 11.3 Å². The molecule has 0 saturated heterocycles. The van der Waals surface area contributed by atoms with E-state index in [4.69, 9.17) is 11.0 Å². The van der Waals surface area contributed by atoms with Crippen LogP contribution < -0.4 is 11.3 Å². The molecule has 0 aliphatic rings. The number of aromatic carboxylic acids is 2. The maximum atomic E-state index is 13.1. The molecular weight excluding hydrogens is 359 g/mol. The number of pyridine rings is 1. The molecule has 0 unspecified atom stereocenters. The normalized spacial score (nSPS) is 11.0. The van der Waals surface area contributed by atoms with Gasteiger partial charge in [0, 0.05) is 5.56 Å². The molecule has 0 spiro atoms. The maximum absolute atomic E-state index is 13.1. The highest BCUT2D eigenvalue weighted by Crippen LogP contribution is 2.37. The van der Waals surface area contributed by atoms with Gasteiger partial charge in [0.15, 0.2) is 0 Å². The SMILES string of the molecule is N#Cc1ccc(-c2c(C(=O)O)c(N)[nH]c(=O)c2C(=O)O)cc1C(F)(F)F. The number of rotatable bonds is 3. The zero-order valence-electron chi connectivity index (χ0n) is 12.5. The lowest BCUT2D eigenvalue weighted by Crippen LogP contribution is -2.24. The van der Waals surface area contributed by atoms with Crippen LogP contribution in [0.1, 0.15) is 31.8 Å². The third-order valence-corrected chi connectivity index (χ3v) is 3.41. The lowest BCUT2D eigenvalue weighted by molar-refractivity contribution is -0.137. The van der Waals surface area contributed by atoms with Gasteiger partial charge in [0.05, 0.1) is 17.2 Å². The Kier molecular flexibility index (Phi) is 4.45. The van der Waals surface area contributed by atoms with Crippen molar-refractivity contribution in [2.75, 3.05) is 5.73 Å². The number of nitrogens with two attached hydrogens (primary N) is 1. The first-order valence-corrected chi connectivity index (χ1v) is 6.63. The molecule has 5 N–H and O–H groups in total. The van der Waals surface area contributed by atoms with Crippen LogP contribution in [0.3, 0.4) is 0 Å². The van der Waals surface area contributed by atoms with E-state index in [0.29, 0.717) is 6.07 Å². The second-order valence-electron chi connectivity index (χ2n) is 4.97. The highest BCUT2D eigenvalue weighted by atomic mass is 19.4. The number of hydrogen-bond donors (Lipinski definition) is 4. The summed E-state index contributed by atoms with van der Waals surface area (Å²) in [5.74, 6) is -4.34. The first kappa shape index (κ1) is 18.5. The molecule has 2 rings (SSSR count). The number of aromatic amines is 1. The number of alkyl halides is 3. The number of carboxylic acid groups (broad SMARTS) is 2. The van der Waals surface area contributed by atoms with Crippen LogP contribution in [0.2, 0.25) is 0 Å². The topological polar surface area (TPSA) is 157 Å². The van der Waals surface area contributed by atoms with Crippen molar-refractivity contribution in [2.45, 2.75) is 6.18 Å². The number of hydrogen-bond acceptors (Lipinski definition) is 5. The minimum Gasteiger partial charge on any atom is -0.478 e. The van der Waals surface area contributed by atoms with E-state index in [1.165, 1.54) is 6.07 Å². The number of anilines is 1. The summed E-state index contributed by atoms with van der Waals surface area (Å²) in [5.41, 5.74) is -1.34. The number of carbonyl (C=O) groups is 2. The molecule has 2 aromatic rings. The first-order chi connectivity index (χ1) is 12.0. The van der Waals surface area contributed by atoms with Crippen LogP contribution in [0.15, 0.2) is 23.0 Å². The smallest absolute Gasteiger partial charge is 0.417 e. The van der Waals surface area contributed by atoms with Crippen molar-refractivity contribution in [3.05, 3.63) is 50.8 Å². The Balaban J connectivity index is 3.02. The van der Waals surface area contributed by atoms with Crippen LogP contribution in [0.5, 0.6) is 0 Å². The molecule has 0 radical (unpaired) electrons. The number of halogens is 3. The molecule has 0 aliphatic carbocycles. The standard InChI is InChI=1S/C15H8F3N3O5/c16-15(17,18)7-3-5(1-2-6(7)4-19)8-9(13(23)24)11(20)21-12(22)10(8)14(25)26/h1-3H,(H,23,24)(H,25,26)(H3,20,21,22). The van der Waals surface area contributed by atoms with Crippen LogP contribution in [0.25, 0.3) is 11.1 Å². The molecule has 0 atom stereocenters. The van der Waals surface area contributed by atoms with E-state index >= 15 is 0 Å². The van der Waals surface area contributed by atoms with Gasteiger partial charge in [-0.2, -0.15) is 18.4 Å². The Morgan fingerprint density at radius 1 is 1.15 bits per heavy atom. The molecule has 0 fully saturated rings. The Labute approximate surface area is 141 Å². The molecule has 1 aromatic heterocycles. The summed E-state index contributed by atoms with van der Waals surface area (Å²) in [7, 11) is 0. The summed E-state index contributed by atoms with van der Waals surface area (Å²) < 4.78 is 39.4. The molecule has 0 amide bonds. The van der Waals surface area contributed by atoms with Crippen LogP contribution in [0.4, 0.5) is 19.0 Å². The highest BCUT2D eigenvalue weighted by Gasteiger charge is 2.35.